The molecule has 0 bridgehead atoms. The van der Waals surface area contributed by atoms with Gasteiger partial charge in [-0.3, -0.25) is 14.6 Å². The molecule has 102 valence electrons. The summed E-state index contributed by atoms with van der Waals surface area (Å²) in [5.41, 5.74) is 0.805. The lowest BCUT2D eigenvalue weighted by Gasteiger charge is -2.35. The number of hydrogen-bond donors (Lipinski definition) is 1. The summed E-state index contributed by atoms with van der Waals surface area (Å²) in [7, 11) is 0. The van der Waals surface area contributed by atoms with E-state index in [1.807, 2.05) is 32.0 Å². The maximum Gasteiger partial charge on any atom is 0.243 e. The van der Waals surface area contributed by atoms with Crippen LogP contribution < -0.4 is 5.32 Å². The van der Waals surface area contributed by atoms with Crippen LogP contribution in [0.2, 0.25) is 0 Å². The summed E-state index contributed by atoms with van der Waals surface area (Å²) in [5.74, 6) is 0.244. The van der Waals surface area contributed by atoms with Gasteiger partial charge in [0.25, 0.3) is 0 Å². The van der Waals surface area contributed by atoms with Crippen molar-refractivity contribution in [2.75, 3.05) is 6.54 Å². The lowest BCUT2D eigenvalue weighted by molar-refractivity contribution is -0.146. The van der Waals surface area contributed by atoms with E-state index in [0.717, 1.165) is 5.69 Å². The Morgan fingerprint density at radius 3 is 2.84 bits per heavy atom. The van der Waals surface area contributed by atoms with Crippen molar-refractivity contribution >= 4 is 11.8 Å². The smallest absolute Gasteiger partial charge is 0.243 e. The first kappa shape index (κ1) is 13.5. The van der Waals surface area contributed by atoms with Gasteiger partial charge in [0.15, 0.2) is 0 Å². The van der Waals surface area contributed by atoms with Crippen molar-refractivity contribution in [3.63, 3.8) is 0 Å². The molecule has 0 aliphatic carbocycles. The Morgan fingerprint density at radius 2 is 2.21 bits per heavy atom. The molecule has 1 aromatic heterocycles. The number of carbonyl (C=O) groups is 2. The predicted octanol–water partition coefficient (Wildman–Crippen LogP) is 0.955. The Labute approximate surface area is 113 Å². The van der Waals surface area contributed by atoms with Gasteiger partial charge in [0.05, 0.1) is 18.8 Å². The number of hydrogen-bond acceptors (Lipinski definition) is 3. The molecule has 2 heterocycles. The Morgan fingerprint density at radius 1 is 1.42 bits per heavy atom. The molecule has 5 heteroatoms. The van der Waals surface area contributed by atoms with Crippen LogP contribution in [-0.4, -0.2) is 34.3 Å². The minimum atomic E-state index is -0.386. The van der Waals surface area contributed by atoms with E-state index in [1.54, 1.807) is 11.1 Å². The van der Waals surface area contributed by atoms with Crippen LogP contribution in [0.4, 0.5) is 0 Å². The minimum Gasteiger partial charge on any atom is -0.345 e. The van der Waals surface area contributed by atoms with E-state index >= 15 is 0 Å². The Kier molecular flexibility index (Phi) is 4.14. The highest BCUT2D eigenvalue weighted by atomic mass is 16.2. The maximum atomic E-state index is 12.0. The third-order valence-corrected chi connectivity index (χ3v) is 3.17. The van der Waals surface area contributed by atoms with Gasteiger partial charge in [0, 0.05) is 6.20 Å². The zero-order valence-corrected chi connectivity index (χ0v) is 11.3. The van der Waals surface area contributed by atoms with E-state index in [1.165, 1.54) is 0 Å². The second kappa shape index (κ2) is 5.82. The second-order valence-electron chi connectivity index (χ2n) is 5.21. The SMILES string of the molecule is CC(C)CC1C(=O)NCC(=O)N1Cc1ccccn1. The molecule has 2 amide bonds. The predicted molar refractivity (Wildman–Crippen MR) is 71.0 cm³/mol. The summed E-state index contributed by atoms with van der Waals surface area (Å²) in [6, 6.07) is 5.20. The molecule has 2 rings (SSSR count). The van der Waals surface area contributed by atoms with Crippen LogP contribution >= 0.6 is 0 Å². The van der Waals surface area contributed by atoms with Crippen molar-refractivity contribution in [2.45, 2.75) is 32.9 Å². The Balaban J connectivity index is 2.17. The molecule has 0 radical (unpaired) electrons. The molecule has 1 aromatic rings. The standard InChI is InChI=1S/C14H19N3O2/c1-10(2)7-12-14(19)16-8-13(18)17(12)9-11-5-3-4-6-15-11/h3-6,10,12H,7-9H2,1-2H3,(H,16,19). The molecule has 1 fully saturated rings. The fourth-order valence-electron chi connectivity index (χ4n) is 2.24. The minimum absolute atomic E-state index is 0.0455. The summed E-state index contributed by atoms with van der Waals surface area (Å²) < 4.78 is 0. The van der Waals surface area contributed by atoms with Crippen molar-refractivity contribution in [2.24, 2.45) is 5.92 Å². The zero-order chi connectivity index (χ0) is 13.8. The van der Waals surface area contributed by atoms with Gasteiger partial charge >= 0.3 is 0 Å². The second-order valence-corrected chi connectivity index (χ2v) is 5.21. The van der Waals surface area contributed by atoms with Crippen LogP contribution in [0.3, 0.4) is 0 Å². The number of pyridine rings is 1. The fourth-order valence-corrected chi connectivity index (χ4v) is 2.24. The van der Waals surface area contributed by atoms with Crippen LogP contribution in [-0.2, 0) is 16.1 Å². The van der Waals surface area contributed by atoms with Crippen LogP contribution in [0, 0.1) is 5.92 Å². The molecule has 1 N–H and O–H groups in total. The number of piperazine rings is 1. The average molecular weight is 261 g/mol. The van der Waals surface area contributed by atoms with Crippen LogP contribution in [0.25, 0.3) is 0 Å². The molecule has 1 atom stereocenters. The van der Waals surface area contributed by atoms with E-state index in [4.69, 9.17) is 0 Å². The monoisotopic (exact) mass is 261 g/mol. The molecule has 1 aliphatic rings. The molecule has 1 aliphatic heterocycles. The van der Waals surface area contributed by atoms with E-state index in [9.17, 15) is 9.59 Å². The highest BCUT2D eigenvalue weighted by Crippen LogP contribution is 2.17. The van der Waals surface area contributed by atoms with Gasteiger partial charge in [0.2, 0.25) is 11.8 Å². The molecule has 1 unspecified atom stereocenters. The van der Waals surface area contributed by atoms with E-state index in [2.05, 4.69) is 10.3 Å². The molecule has 5 nitrogen and oxygen atoms in total. The summed E-state index contributed by atoms with van der Waals surface area (Å²) >= 11 is 0. The molecule has 0 saturated carbocycles. The summed E-state index contributed by atoms with van der Waals surface area (Å²) in [6.07, 6.45) is 2.37. The Bertz CT molecular complexity index is 459. The normalized spacial score (nSPS) is 19.7. The third kappa shape index (κ3) is 3.30. The molecule has 0 aromatic carbocycles. The molecular formula is C14H19N3O2. The zero-order valence-electron chi connectivity index (χ0n) is 11.3. The summed E-state index contributed by atoms with van der Waals surface area (Å²) in [6.45, 7) is 4.57. The van der Waals surface area contributed by atoms with Gasteiger partial charge in [0.1, 0.15) is 6.04 Å². The van der Waals surface area contributed by atoms with Gasteiger partial charge in [-0.1, -0.05) is 19.9 Å². The van der Waals surface area contributed by atoms with E-state index in [0.29, 0.717) is 18.9 Å². The third-order valence-electron chi connectivity index (χ3n) is 3.17. The number of aromatic nitrogens is 1. The van der Waals surface area contributed by atoms with Gasteiger partial charge in [-0.15, -0.1) is 0 Å². The fraction of sp³-hybridized carbons (Fsp3) is 0.500. The van der Waals surface area contributed by atoms with Gasteiger partial charge < -0.3 is 10.2 Å². The topological polar surface area (TPSA) is 62.3 Å². The average Bonchev–Trinajstić information content (AvgIpc) is 2.39. The largest absolute Gasteiger partial charge is 0.345 e. The Hall–Kier alpha value is -1.91. The van der Waals surface area contributed by atoms with Crippen molar-refractivity contribution in [3.05, 3.63) is 30.1 Å². The first-order valence-electron chi connectivity index (χ1n) is 6.55. The maximum absolute atomic E-state index is 12.0. The number of carbonyl (C=O) groups excluding carboxylic acids is 2. The molecular weight excluding hydrogens is 242 g/mol. The summed E-state index contributed by atoms with van der Waals surface area (Å²) in [5, 5.41) is 2.65. The van der Waals surface area contributed by atoms with Gasteiger partial charge in [-0.25, -0.2) is 0 Å². The molecule has 19 heavy (non-hydrogen) atoms. The number of nitrogens with one attached hydrogen (secondary N) is 1. The van der Waals surface area contributed by atoms with Crippen molar-refractivity contribution in [3.8, 4) is 0 Å². The highest BCUT2D eigenvalue weighted by molar-refractivity contribution is 5.94. The number of amides is 2. The lowest BCUT2D eigenvalue weighted by Crippen LogP contribution is -2.58. The quantitative estimate of drug-likeness (QED) is 0.878. The van der Waals surface area contributed by atoms with Crippen LogP contribution in [0.1, 0.15) is 26.0 Å². The van der Waals surface area contributed by atoms with Gasteiger partial charge in [-0.2, -0.15) is 0 Å². The van der Waals surface area contributed by atoms with Crippen LogP contribution in [0.5, 0.6) is 0 Å². The van der Waals surface area contributed by atoms with E-state index < -0.39 is 0 Å². The van der Waals surface area contributed by atoms with Crippen LogP contribution in [0.15, 0.2) is 24.4 Å². The first-order chi connectivity index (χ1) is 9.08. The van der Waals surface area contributed by atoms with E-state index in [-0.39, 0.29) is 24.4 Å². The van der Waals surface area contributed by atoms with Gasteiger partial charge in [-0.05, 0) is 24.5 Å². The highest BCUT2D eigenvalue weighted by Gasteiger charge is 2.34. The lowest BCUT2D eigenvalue weighted by atomic mass is 9.99. The molecule has 1 saturated heterocycles. The first-order valence-corrected chi connectivity index (χ1v) is 6.55. The summed E-state index contributed by atoms with van der Waals surface area (Å²) in [4.78, 5) is 29.8. The number of nitrogens with zero attached hydrogens (tertiary/aromatic N) is 2. The van der Waals surface area contributed by atoms with Crippen molar-refractivity contribution < 1.29 is 9.59 Å². The number of rotatable bonds is 4. The van der Waals surface area contributed by atoms with Crippen molar-refractivity contribution in [1.29, 1.82) is 0 Å². The molecule has 0 spiro atoms. The van der Waals surface area contributed by atoms with Crippen molar-refractivity contribution in [1.82, 2.24) is 15.2 Å².